The Bertz CT molecular complexity index is 504. The number of benzene rings is 1. The van der Waals surface area contributed by atoms with E-state index in [2.05, 4.69) is 45.2 Å². The van der Waals surface area contributed by atoms with E-state index in [1.807, 2.05) is 12.4 Å². The summed E-state index contributed by atoms with van der Waals surface area (Å²) in [6, 6.07) is 8.69. The predicted octanol–water partition coefficient (Wildman–Crippen LogP) is 4.27. The van der Waals surface area contributed by atoms with E-state index in [-0.39, 0.29) is 0 Å². The summed E-state index contributed by atoms with van der Waals surface area (Å²) in [4.78, 5) is 4.95. The standard InChI is InChI=1S/C14H14BrN/c15-12-5-4-11(8-12)13-3-1-2-10-6-7-16-9-14(10)13/h1-3,6-7,9,11-12H,4-5,8H2. The van der Waals surface area contributed by atoms with Gasteiger partial charge in [-0.1, -0.05) is 34.1 Å². The molecule has 2 aromatic rings. The summed E-state index contributed by atoms with van der Waals surface area (Å²) < 4.78 is 0. The van der Waals surface area contributed by atoms with Crippen LogP contribution in [-0.2, 0) is 0 Å². The van der Waals surface area contributed by atoms with Crippen molar-refractivity contribution in [2.75, 3.05) is 0 Å². The molecule has 0 aliphatic heterocycles. The van der Waals surface area contributed by atoms with E-state index in [4.69, 9.17) is 0 Å². The van der Waals surface area contributed by atoms with Gasteiger partial charge in [0.2, 0.25) is 0 Å². The summed E-state index contributed by atoms with van der Waals surface area (Å²) in [6.07, 6.45) is 7.72. The van der Waals surface area contributed by atoms with Crippen LogP contribution in [0, 0.1) is 0 Å². The zero-order valence-electron chi connectivity index (χ0n) is 9.07. The topological polar surface area (TPSA) is 12.9 Å². The Kier molecular flexibility index (Phi) is 2.68. The molecule has 2 atom stereocenters. The molecule has 1 aromatic heterocycles. The van der Waals surface area contributed by atoms with Crippen LogP contribution >= 0.6 is 15.9 Å². The van der Waals surface area contributed by atoms with Crippen molar-refractivity contribution in [3.8, 4) is 0 Å². The fraction of sp³-hybridized carbons (Fsp3) is 0.357. The molecule has 1 saturated carbocycles. The molecule has 2 heteroatoms. The number of rotatable bonds is 1. The third kappa shape index (κ3) is 1.75. The van der Waals surface area contributed by atoms with Crippen LogP contribution < -0.4 is 0 Å². The number of hydrogen-bond donors (Lipinski definition) is 0. The zero-order valence-corrected chi connectivity index (χ0v) is 10.7. The van der Waals surface area contributed by atoms with Gasteiger partial charge in [0.1, 0.15) is 0 Å². The molecule has 0 spiro atoms. The van der Waals surface area contributed by atoms with Gasteiger partial charge in [0, 0.05) is 22.6 Å². The number of halogens is 1. The predicted molar refractivity (Wildman–Crippen MR) is 71.1 cm³/mol. The molecule has 1 aliphatic rings. The summed E-state index contributed by atoms with van der Waals surface area (Å²) in [5.74, 6) is 0.706. The van der Waals surface area contributed by atoms with Crippen molar-refractivity contribution in [3.05, 3.63) is 42.2 Å². The number of pyridine rings is 1. The Balaban J connectivity index is 2.09. The maximum atomic E-state index is 4.25. The molecule has 1 heterocycles. The number of hydrogen-bond acceptors (Lipinski definition) is 1. The lowest BCUT2D eigenvalue weighted by Gasteiger charge is -2.12. The number of nitrogens with zero attached hydrogens (tertiary/aromatic N) is 1. The average molecular weight is 276 g/mol. The first-order chi connectivity index (χ1) is 7.84. The molecule has 3 rings (SSSR count). The van der Waals surface area contributed by atoms with Crippen LogP contribution in [0.3, 0.4) is 0 Å². The van der Waals surface area contributed by atoms with Crippen LogP contribution in [0.4, 0.5) is 0 Å². The second kappa shape index (κ2) is 4.17. The van der Waals surface area contributed by atoms with Gasteiger partial charge >= 0.3 is 0 Å². The number of aromatic nitrogens is 1. The third-order valence-corrected chi connectivity index (χ3v) is 4.36. The van der Waals surface area contributed by atoms with Crippen LogP contribution in [0.15, 0.2) is 36.7 Å². The SMILES string of the molecule is BrC1CCC(c2cccc3ccncc23)C1. The van der Waals surface area contributed by atoms with Gasteiger partial charge in [0.15, 0.2) is 0 Å². The van der Waals surface area contributed by atoms with E-state index in [0.717, 1.165) is 0 Å². The molecule has 0 radical (unpaired) electrons. The second-order valence-corrected chi connectivity index (χ2v) is 5.85. The minimum atomic E-state index is 0.699. The van der Waals surface area contributed by atoms with E-state index in [1.165, 1.54) is 35.6 Å². The van der Waals surface area contributed by atoms with Crippen LogP contribution in [0.1, 0.15) is 30.7 Å². The molecule has 82 valence electrons. The molecule has 1 aliphatic carbocycles. The molecule has 2 unspecified atom stereocenters. The fourth-order valence-electron chi connectivity index (χ4n) is 2.70. The molecule has 0 saturated heterocycles. The fourth-order valence-corrected chi connectivity index (χ4v) is 3.42. The highest BCUT2D eigenvalue weighted by Crippen LogP contribution is 2.40. The molecule has 1 fully saturated rings. The van der Waals surface area contributed by atoms with Gasteiger partial charge in [-0.15, -0.1) is 0 Å². The van der Waals surface area contributed by atoms with Crippen molar-refractivity contribution in [1.29, 1.82) is 0 Å². The summed E-state index contributed by atoms with van der Waals surface area (Å²) in [5.41, 5.74) is 1.48. The summed E-state index contributed by atoms with van der Waals surface area (Å²) >= 11 is 3.72. The molecule has 0 amide bonds. The van der Waals surface area contributed by atoms with Gasteiger partial charge in [-0.05, 0) is 42.2 Å². The van der Waals surface area contributed by atoms with Gasteiger partial charge in [0.05, 0.1) is 0 Å². The van der Waals surface area contributed by atoms with E-state index < -0.39 is 0 Å². The first-order valence-electron chi connectivity index (χ1n) is 5.81. The molecule has 0 N–H and O–H groups in total. The number of fused-ring (bicyclic) bond motifs is 1. The highest BCUT2D eigenvalue weighted by molar-refractivity contribution is 9.09. The van der Waals surface area contributed by atoms with Crippen molar-refractivity contribution < 1.29 is 0 Å². The van der Waals surface area contributed by atoms with E-state index in [1.54, 1.807) is 0 Å². The minimum Gasteiger partial charge on any atom is -0.264 e. The van der Waals surface area contributed by atoms with Gasteiger partial charge in [-0.3, -0.25) is 4.98 Å². The highest BCUT2D eigenvalue weighted by Gasteiger charge is 2.24. The summed E-state index contributed by atoms with van der Waals surface area (Å²) in [6.45, 7) is 0. The number of alkyl halides is 1. The van der Waals surface area contributed by atoms with E-state index in [0.29, 0.717) is 10.7 Å². The van der Waals surface area contributed by atoms with Crippen molar-refractivity contribution >= 4 is 26.7 Å². The Morgan fingerprint density at radius 1 is 1.19 bits per heavy atom. The lowest BCUT2D eigenvalue weighted by atomic mass is 9.93. The van der Waals surface area contributed by atoms with Crippen molar-refractivity contribution in [2.24, 2.45) is 0 Å². The van der Waals surface area contributed by atoms with Crippen LogP contribution in [0.2, 0.25) is 0 Å². The Hall–Kier alpha value is -0.890. The normalized spacial score (nSPS) is 25.1. The second-order valence-electron chi connectivity index (χ2n) is 4.55. The van der Waals surface area contributed by atoms with E-state index in [9.17, 15) is 0 Å². The average Bonchev–Trinajstić information content (AvgIpc) is 2.75. The Morgan fingerprint density at radius 2 is 2.12 bits per heavy atom. The molecular formula is C14H14BrN. The largest absolute Gasteiger partial charge is 0.264 e. The first-order valence-corrected chi connectivity index (χ1v) is 6.73. The van der Waals surface area contributed by atoms with Crippen molar-refractivity contribution in [3.63, 3.8) is 0 Å². The van der Waals surface area contributed by atoms with Crippen LogP contribution in [0.25, 0.3) is 10.8 Å². The van der Waals surface area contributed by atoms with Crippen molar-refractivity contribution in [1.82, 2.24) is 4.98 Å². The zero-order chi connectivity index (χ0) is 11.0. The van der Waals surface area contributed by atoms with Gasteiger partial charge < -0.3 is 0 Å². The molecule has 16 heavy (non-hydrogen) atoms. The molecule has 1 aromatic carbocycles. The molecule has 0 bridgehead atoms. The van der Waals surface area contributed by atoms with Gasteiger partial charge in [-0.2, -0.15) is 0 Å². The maximum absolute atomic E-state index is 4.25. The van der Waals surface area contributed by atoms with Gasteiger partial charge in [0.25, 0.3) is 0 Å². The van der Waals surface area contributed by atoms with Crippen LogP contribution in [-0.4, -0.2) is 9.81 Å². The van der Waals surface area contributed by atoms with Gasteiger partial charge in [-0.25, -0.2) is 0 Å². The molecular weight excluding hydrogens is 262 g/mol. The summed E-state index contributed by atoms with van der Waals surface area (Å²) in [5, 5.41) is 2.64. The highest BCUT2D eigenvalue weighted by atomic mass is 79.9. The minimum absolute atomic E-state index is 0.699. The lowest BCUT2D eigenvalue weighted by Crippen LogP contribution is -1.95. The Labute approximate surface area is 104 Å². The van der Waals surface area contributed by atoms with Crippen molar-refractivity contribution in [2.45, 2.75) is 30.0 Å². The third-order valence-electron chi connectivity index (χ3n) is 3.53. The quantitative estimate of drug-likeness (QED) is 0.709. The van der Waals surface area contributed by atoms with Crippen LogP contribution in [0.5, 0.6) is 0 Å². The first kappa shape index (κ1) is 10.3. The van der Waals surface area contributed by atoms with E-state index >= 15 is 0 Å². The monoisotopic (exact) mass is 275 g/mol. The lowest BCUT2D eigenvalue weighted by molar-refractivity contribution is 0.731. The summed E-state index contributed by atoms with van der Waals surface area (Å²) in [7, 11) is 0. The maximum Gasteiger partial charge on any atom is 0.0349 e. The smallest absolute Gasteiger partial charge is 0.0349 e. The molecule has 1 nitrogen and oxygen atoms in total. The Morgan fingerprint density at radius 3 is 2.94 bits per heavy atom.